The Labute approximate surface area is 113 Å². The quantitative estimate of drug-likeness (QED) is 0.918. The first-order valence-electron chi connectivity index (χ1n) is 6.32. The van der Waals surface area contributed by atoms with Gasteiger partial charge in [0.05, 0.1) is 12.0 Å². The van der Waals surface area contributed by atoms with Gasteiger partial charge in [0.15, 0.2) is 0 Å². The molecule has 1 aromatic heterocycles. The van der Waals surface area contributed by atoms with Crippen molar-refractivity contribution in [1.82, 2.24) is 14.9 Å². The second-order valence-electron chi connectivity index (χ2n) is 5.60. The Morgan fingerprint density at radius 3 is 2.58 bits per heavy atom. The van der Waals surface area contributed by atoms with Gasteiger partial charge in [-0.1, -0.05) is 30.3 Å². The van der Waals surface area contributed by atoms with E-state index >= 15 is 0 Å². The lowest BCUT2D eigenvalue weighted by Crippen LogP contribution is -2.42. The lowest BCUT2D eigenvalue weighted by atomic mass is 10.1. The second kappa shape index (κ2) is 5.26. The Morgan fingerprint density at radius 1 is 1.26 bits per heavy atom. The SMILES string of the molecule is CC(C)(C)NC(=O)Cn1cnc(-c2ccccc2)c1. The number of imidazole rings is 1. The molecule has 4 heteroatoms. The van der Waals surface area contributed by atoms with Gasteiger partial charge in [-0.05, 0) is 20.8 Å². The molecule has 0 saturated heterocycles. The van der Waals surface area contributed by atoms with Gasteiger partial charge in [-0.3, -0.25) is 4.79 Å². The normalized spacial score (nSPS) is 11.3. The van der Waals surface area contributed by atoms with Gasteiger partial charge in [-0.25, -0.2) is 4.98 Å². The van der Waals surface area contributed by atoms with E-state index in [1.165, 1.54) is 0 Å². The molecule has 4 nitrogen and oxygen atoms in total. The summed E-state index contributed by atoms with van der Waals surface area (Å²) in [6, 6.07) is 9.92. The number of aromatic nitrogens is 2. The molecule has 0 saturated carbocycles. The number of amides is 1. The van der Waals surface area contributed by atoms with Crippen LogP contribution in [-0.4, -0.2) is 21.0 Å². The summed E-state index contributed by atoms with van der Waals surface area (Å²) >= 11 is 0. The summed E-state index contributed by atoms with van der Waals surface area (Å²) in [7, 11) is 0. The van der Waals surface area contributed by atoms with Crippen molar-refractivity contribution < 1.29 is 4.79 Å². The molecule has 1 heterocycles. The highest BCUT2D eigenvalue weighted by Crippen LogP contribution is 2.15. The standard InChI is InChI=1S/C15H19N3O/c1-15(2,3)17-14(19)10-18-9-13(16-11-18)12-7-5-4-6-8-12/h4-9,11H,10H2,1-3H3,(H,17,19). The van der Waals surface area contributed by atoms with Crippen LogP contribution >= 0.6 is 0 Å². The highest BCUT2D eigenvalue weighted by Gasteiger charge is 2.14. The van der Waals surface area contributed by atoms with Crippen LogP contribution in [0.2, 0.25) is 0 Å². The third kappa shape index (κ3) is 3.95. The number of hydrogen-bond acceptors (Lipinski definition) is 2. The predicted octanol–water partition coefficient (Wildman–Crippen LogP) is 2.46. The molecule has 0 fully saturated rings. The fourth-order valence-corrected chi connectivity index (χ4v) is 1.83. The van der Waals surface area contributed by atoms with Gasteiger partial charge in [0, 0.05) is 17.3 Å². The van der Waals surface area contributed by atoms with Crippen LogP contribution in [0.15, 0.2) is 42.9 Å². The number of benzene rings is 1. The van der Waals surface area contributed by atoms with E-state index in [1.54, 1.807) is 10.9 Å². The Hall–Kier alpha value is -2.10. The molecule has 1 N–H and O–H groups in total. The summed E-state index contributed by atoms with van der Waals surface area (Å²) in [5.41, 5.74) is 1.72. The Kier molecular flexibility index (Phi) is 3.69. The van der Waals surface area contributed by atoms with Gasteiger partial charge < -0.3 is 9.88 Å². The molecule has 19 heavy (non-hydrogen) atoms. The number of hydrogen-bond donors (Lipinski definition) is 1. The van der Waals surface area contributed by atoms with E-state index in [0.717, 1.165) is 11.3 Å². The zero-order valence-electron chi connectivity index (χ0n) is 11.6. The average molecular weight is 257 g/mol. The molecule has 0 radical (unpaired) electrons. The average Bonchev–Trinajstić information content (AvgIpc) is 2.76. The van der Waals surface area contributed by atoms with Gasteiger partial charge >= 0.3 is 0 Å². The molecule has 100 valence electrons. The largest absolute Gasteiger partial charge is 0.350 e. The van der Waals surface area contributed by atoms with Crippen LogP contribution in [0.4, 0.5) is 0 Å². The van der Waals surface area contributed by atoms with Crippen molar-refractivity contribution in [2.75, 3.05) is 0 Å². The molecule has 0 atom stereocenters. The number of nitrogens with one attached hydrogen (secondary N) is 1. The van der Waals surface area contributed by atoms with Crippen molar-refractivity contribution in [1.29, 1.82) is 0 Å². The van der Waals surface area contributed by atoms with Crippen LogP contribution in [0.5, 0.6) is 0 Å². The molecule has 0 aliphatic carbocycles. The van der Waals surface area contributed by atoms with Crippen LogP contribution in [0.25, 0.3) is 11.3 Å². The van der Waals surface area contributed by atoms with Crippen molar-refractivity contribution in [2.45, 2.75) is 32.9 Å². The fraction of sp³-hybridized carbons (Fsp3) is 0.333. The first-order chi connectivity index (χ1) is 8.94. The molecule has 0 aliphatic rings. The monoisotopic (exact) mass is 257 g/mol. The van der Waals surface area contributed by atoms with Crippen LogP contribution in [0.1, 0.15) is 20.8 Å². The molecule has 2 aromatic rings. The van der Waals surface area contributed by atoms with Gasteiger partial charge in [0.25, 0.3) is 0 Å². The van der Waals surface area contributed by atoms with Crippen molar-refractivity contribution in [3.05, 3.63) is 42.9 Å². The number of nitrogens with zero attached hydrogens (tertiary/aromatic N) is 2. The first kappa shape index (κ1) is 13.3. The summed E-state index contributed by atoms with van der Waals surface area (Å²) < 4.78 is 1.80. The van der Waals surface area contributed by atoms with Gasteiger partial charge in [0.2, 0.25) is 5.91 Å². The van der Waals surface area contributed by atoms with Crippen molar-refractivity contribution in [3.8, 4) is 11.3 Å². The summed E-state index contributed by atoms with van der Waals surface area (Å²) in [5.74, 6) is -0.00971. The van der Waals surface area contributed by atoms with E-state index in [-0.39, 0.29) is 18.0 Å². The van der Waals surface area contributed by atoms with E-state index in [1.807, 2.05) is 57.3 Å². The molecule has 1 amide bonds. The highest BCUT2D eigenvalue weighted by molar-refractivity contribution is 5.76. The number of rotatable bonds is 3. The minimum absolute atomic E-state index is 0.00971. The molecule has 0 bridgehead atoms. The topological polar surface area (TPSA) is 46.9 Å². The zero-order chi connectivity index (χ0) is 13.9. The summed E-state index contributed by atoms with van der Waals surface area (Å²) in [6.45, 7) is 6.19. The zero-order valence-corrected chi connectivity index (χ0v) is 11.6. The van der Waals surface area contributed by atoms with Crippen LogP contribution in [0.3, 0.4) is 0 Å². The van der Waals surface area contributed by atoms with E-state index < -0.39 is 0 Å². The van der Waals surface area contributed by atoms with Gasteiger partial charge in [-0.2, -0.15) is 0 Å². The van der Waals surface area contributed by atoms with Gasteiger partial charge in [-0.15, -0.1) is 0 Å². The lowest BCUT2D eigenvalue weighted by Gasteiger charge is -2.20. The van der Waals surface area contributed by atoms with Crippen LogP contribution < -0.4 is 5.32 Å². The predicted molar refractivity (Wildman–Crippen MR) is 75.6 cm³/mol. The lowest BCUT2D eigenvalue weighted by molar-refractivity contribution is -0.123. The van der Waals surface area contributed by atoms with Crippen LogP contribution in [-0.2, 0) is 11.3 Å². The smallest absolute Gasteiger partial charge is 0.240 e. The van der Waals surface area contributed by atoms with Crippen molar-refractivity contribution >= 4 is 5.91 Å². The molecular weight excluding hydrogens is 238 g/mol. The molecule has 1 aromatic carbocycles. The van der Waals surface area contributed by atoms with Gasteiger partial charge in [0.1, 0.15) is 6.54 Å². The molecule has 0 spiro atoms. The highest BCUT2D eigenvalue weighted by atomic mass is 16.2. The second-order valence-corrected chi connectivity index (χ2v) is 5.60. The third-order valence-corrected chi connectivity index (χ3v) is 2.54. The summed E-state index contributed by atoms with van der Waals surface area (Å²) in [4.78, 5) is 16.1. The number of carbonyl (C=O) groups is 1. The van der Waals surface area contributed by atoms with E-state index in [0.29, 0.717) is 0 Å². The van der Waals surface area contributed by atoms with Crippen molar-refractivity contribution in [3.63, 3.8) is 0 Å². The Bertz CT molecular complexity index is 552. The maximum absolute atomic E-state index is 11.8. The fourth-order valence-electron chi connectivity index (χ4n) is 1.83. The Morgan fingerprint density at radius 2 is 1.95 bits per heavy atom. The van der Waals surface area contributed by atoms with Crippen molar-refractivity contribution in [2.24, 2.45) is 0 Å². The van der Waals surface area contributed by atoms with Crippen LogP contribution in [0, 0.1) is 0 Å². The summed E-state index contributed by atoms with van der Waals surface area (Å²) in [5, 5.41) is 2.93. The molecule has 2 rings (SSSR count). The number of carbonyl (C=O) groups excluding carboxylic acids is 1. The minimum atomic E-state index is -0.208. The third-order valence-electron chi connectivity index (χ3n) is 2.54. The first-order valence-corrected chi connectivity index (χ1v) is 6.32. The van der Waals surface area contributed by atoms with E-state index in [9.17, 15) is 4.79 Å². The Balaban J connectivity index is 2.04. The summed E-state index contributed by atoms with van der Waals surface area (Å²) in [6.07, 6.45) is 3.57. The van der Waals surface area contributed by atoms with E-state index in [4.69, 9.17) is 0 Å². The maximum atomic E-state index is 11.8. The molecular formula is C15H19N3O. The minimum Gasteiger partial charge on any atom is -0.350 e. The molecule has 0 unspecified atom stereocenters. The maximum Gasteiger partial charge on any atom is 0.240 e. The van der Waals surface area contributed by atoms with E-state index in [2.05, 4.69) is 10.3 Å². The molecule has 0 aliphatic heterocycles.